The Balaban J connectivity index is 2.53. The second-order valence-electron chi connectivity index (χ2n) is 4.53. The first-order chi connectivity index (χ1) is 9.17. The molecule has 1 saturated heterocycles. The van der Waals surface area contributed by atoms with Gasteiger partial charge >= 0.3 is 5.97 Å². The van der Waals surface area contributed by atoms with Crippen molar-refractivity contribution in [2.24, 2.45) is 0 Å². The van der Waals surface area contributed by atoms with Gasteiger partial charge in [-0.1, -0.05) is 12.1 Å². The van der Waals surface area contributed by atoms with Crippen molar-refractivity contribution < 1.29 is 19.0 Å². The Morgan fingerprint density at radius 2 is 2.21 bits per heavy atom. The van der Waals surface area contributed by atoms with Gasteiger partial charge in [-0.2, -0.15) is 0 Å². The predicted molar refractivity (Wildman–Crippen MR) is 71.6 cm³/mol. The average Bonchev–Trinajstić information content (AvgIpc) is 2.80. The Morgan fingerprint density at radius 1 is 1.42 bits per heavy atom. The van der Waals surface area contributed by atoms with Crippen LogP contribution in [0.2, 0.25) is 0 Å². The van der Waals surface area contributed by atoms with E-state index in [4.69, 9.17) is 14.2 Å². The third-order valence-corrected chi connectivity index (χ3v) is 3.57. The number of hydrogen-bond donors (Lipinski definition) is 0. The average molecular weight is 262 g/mol. The fraction of sp³-hybridized carbons (Fsp3) is 0.400. The van der Waals surface area contributed by atoms with Crippen LogP contribution in [0.3, 0.4) is 0 Å². The van der Waals surface area contributed by atoms with E-state index in [9.17, 15) is 4.79 Å². The zero-order valence-electron chi connectivity index (χ0n) is 11.3. The number of carbonyl (C=O) groups is 1. The maximum Gasteiger partial charge on any atom is 0.317 e. The standard InChI is InChI=1S/C15H18O4/c1-4-7-15(8-9-19-14(15)16)12-6-5-11(17-2)10-13(12)18-3/h4-6,10H,1,7-9H2,2-3H3/t15-/m1/s1. The number of methoxy groups -OCH3 is 2. The molecule has 1 atom stereocenters. The molecule has 0 N–H and O–H groups in total. The van der Waals surface area contributed by atoms with Gasteiger partial charge in [0.2, 0.25) is 0 Å². The minimum Gasteiger partial charge on any atom is -0.497 e. The van der Waals surface area contributed by atoms with E-state index >= 15 is 0 Å². The molecule has 1 fully saturated rings. The van der Waals surface area contributed by atoms with Crippen LogP contribution < -0.4 is 9.47 Å². The molecule has 4 nitrogen and oxygen atoms in total. The summed E-state index contributed by atoms with van der Waals surface area (Å²) in [6.07, 6.45) is 2.92. The van der Waals surface area contributed by atoms with Crippen molar-refractivity contribution in [1.82, 2.24) is 0 Å². The lowest BCUT2D eigenvalue weighted by atomic mass is 9.76. The Kier molecular flexibility index (Phi) is 3.79. The molecule has 102 valence electrons. The van der Waals surface area contributed by atoms with Crippen molar-refractivity contribution in [3.8, 4) is 11.5 Å². The van der Waals surface area contributed by atoms with E-state index in [1.807, 2.05) is 12.1 Å². The van der Waals surface area contributed by atoms with Gasteiger partial charge in [0.1, 0.15) is 16.9 Å². The summed E-state index contributed by atoms with van der Waals surface area (Å²) in [7, 11) is 3.18. The van der Waals surface area contributed by atoms with Gasteiger partial charge in [0.25, 0.3) is 0 Å². The summed E-state index contributed by atoms with van der Waals surface area (Å²) in [6.45, 7) is 4.18. The molecule has 1 aromatic carbocycles. The summed E-state index contributed by atoms with van der Waals surface area (Å²) in [5.74, 6) is 1.12. The Labute approximate surface area is 113 Å². The quantitative estimate of drug-likeness (QED) is 0.604. The van der Waals surface area contributed by atoms with Crippen LogP contribution in [0, 0.1) is 0 Å². The van der Waals surface area contributed by atoms with Crippen molar-refractivity contribution in [2.45, 2.75) is 18.3 Å². The molecule has 1 aromatic rings. The molecule has 0 unspecified atom stereocenters. The van der Waals surface area contributed by atoms with Gasteiger partial charge < -0.3 is 14.2 Å². The highest BCUT2D eigenvalue weighted by molar-refractivity contribution is 5.86. The molecule has 0 saturated carbocycles. The second kappa shape index (κ2) is 5.34. The highest BCUT2D eigenvalue weighted by Crippen LogP contribution is 2.43. The Bertz CT molecular complexity index is 495. The van der Waals surface area contributed by atoms with Crippen LogP contribution in [0.15, 0.2) is 30.9 Å². The monoisotopic (exact) mass is 262 g/mol. The van der Waals surface area contributed by atoms with Crippen LogP contribution in [-0.4, -0.2) is 26.8 Å². The Morgan fingerprint density at radius 3 is 2.74 bits per heavy atom. The molecule has 19 heavy (non-hydrogen) atoms. The van der Waals surface area contributed by atoms with Gasteiger partial charge in [-0.3, -0.25) is 4.79 Å². The molecule has 0 aromatic heterocycles. The van der Waals surface area contributed by atoms with E-state index in [0.717, 1.165) is 5.56 Å². The minimum absolute atomic E-state index is 0.212. The van der Waals surface area contributed by atoms with Crippen molar-refractivity contribution in [1.29, 1.82) is 0 Å². The van der Waals surface area contributed by atoms with E-state index in [0.29, 0.717) is 30.9 Å². The third kappa shape index (κ3) is 2.18. The summed E-state index contributed by atoms with van der Waals surface area (Å²) >= 11 is 0. The van der Waals surface area contributed by atoms with E-state index in [2.05, 4.69) is 6.58 Å². The number of rotatable bonds is 5. The lowest BCUT2D eigenvalue weighted by Gasteiger charge is -2.26. The van der Waals surface area contributed by atoms with Crippen LogP contribution in [-0.2, 0) is 14.9 Å². The minimum atomic E-state index is -0.681. The first kappa shape index (κ1) is 13.5. The number of cyclic esters (lactones) is 1. The molecule has 0 radical (unpaired) electrons. The van der Waals surface area contributed by atoms with Crippen molar-refractivity contribution >= 4 is 5.97 Å². The van der Waals surface area contributed by atoms with E-state index in [1.165, 1.54) is 0 Å². The number of ether oxygens (including phenoxy) is 3. The van der Waals surface area contributed by atoms with Crippen molar-refractivity contribution in [3.05, 3.63) is 36.4 Å². The van der Waals surface area contributed by atoms with Gasteiger partial charge in [0.05, 0.1) is 20.8 Å². The van der Waals surface area contributed by atoms with Crippen LogP contribution in [0.5, 0.6) is 11.5 Å². The molecular formula is C15H18O4. The molecule has 1 aliphatic rings. The molecule has 0 spiro atoms. The molecule has 2 rings (SSSR count). The molecule has 0 amide bonds. The fourth-order valence-corrected chi connectivity index (χ4v) is 2.54. The molecule has 0 aliphatic carbocycles. The summed E-state index contributed by atoms with van der Waals surface area (Å²) in [5, 5.41) is 0. The summed E-state index contributed by atoms with van der Waals surface area (Å²) < 4.78 is 15.7. The molecule has 1 heterocycles. The van der Waals surface area contributed by atoms with Gasteiger partial charge in [-0.15, -0.1) is 6.58 Å². The van der Waals surface area contributed by atoms with Crippen molar-refractivity contribution in [2.75, 3.05) is 20.8 Å². The number of benzene rings is 1. The highest BCUT2D eigenvalue weighted by Gasteiger charge is 2.46. The van der Waals surface area contributed by atoms with Crippen LogP contribution in [0.25, 0.3) is 0 Å². The first-order valence-corrected chi connectivity index (χ1v) is 6.18. The van der Waals surface area contributed by atoms with E-state index < -0.39 is 5.41 Å². The van der Waals surface area contributed by atoms with Gasteiger partial charge in [-0.05, 0) is 12.5 Å². The molecule has 0 bridgehead atoms. The fourth-order valence-electron chi connectivity index (χ4n) is 2.54. The SMILES string of the molecule is C=CC[C@]1(c2ccc(OC)cc2OC)CCOC1=O. The van der Waals surface area contributed by atoms with Crippen molar-refractivity contribution in [3.63, 3.8) is 0 Å². The van der Waals surface area contributed by atoms with Crippen LogP contribution >= 0.6 is 0 Å². The smallest absolute Gasteiger partial charge is 0.317 e. The lowest BCUT2D eigenvalue weighted by Crippen LogP contribution is -2.31. The van der Waals surface area contributed by atoms with Crippen LogP contribution in [0.1, 0.15) is 18.4 Å². The van der Waals surface area contributed by atoms with Gasteiger partial charge in [0, 0.05) is 18.1 Å². The lowest BCUT2D eigenvalue weighted by molar-refractivity contribution is -0.142. The first-order valence-electron chi connectivity index (χ1n) is 6.18. The largest absolute Gasteiger partial charge is 0.497 e. The highest BCUT2D eigenvalue weighted by atomic mass is 16.5. The molecular weight excluding hydrogens is 244 g/mol. The summed E-state index contributed by atoms with van der Waals surface area (Å²) in [6, 6.07) is 5.48. The zero-order valence-corrected chi connectivity index (χ0v) is 11.3. The maximum absolute atomic E-state index is 12.2. The number of esters is 1. The topological polar surface area (TPSA) is 44.8 Å². The number of allylic oxidation sites excluding steroid dienone is 1. The normalized spacial score (nSPS) is 21.9. The maximum atomic E-state index is 12.2. The van der Waals surface area contributed by atoms with Gasteiger partial charge in [0.15, 0.2) is 0 Å². The second-order valence-corrected chi connectivity index (χ2v) is 4.53. The number of hydrogen-bond acceptors (Lipinski definition) is 4. The van der Waals surface area contributed by atoms with E-state index in [-0.39, 0.29) is 5.97 Å². The summed E-state index contributed by atoms with van der Waals surface area (Å²) in [5.41, 5.74) is 0.150. The zero-order chi connectivity index (χ0) is 13.9. The predicted octanol–water partition coefficient (Wildman–Crippen LogP) is 2.46. The molecule has 4 heteroatoms. The Hall–Kier alpha value is -1.97. The summed E-state index contributed by atoms with van der Waals surface area (Å²) in [4.78, 5) is 12.2. The number of carbonyl (C=O) groups excluding carboxylic acids is 1. The van der Waals surface area contributed by atoms with Gasteiger partial charge in [-0.25, -0.2) is 0 Å². The third-order valence-electron chi connectivity index (χ3n) is 3.57. The van der Waals surface area contributed by atoms with E-state index in [1.54, 1.807) is 26.4 Å². The molecule has 1 aliphatic heterocycles. The van der Waals surface area contributed by atoms with Crippen LogP contribution in [0.4, 0.5) is 0 Å².